The van der Waals surface area contributed by atoms with Gasteiger partial charge < -0.3 is 10.1 Å². The van der Waals surface area contributed by atoms with Crippen LogP contribution in [0.1, 0.15) is 42.2 Å². The lowest BCUT2D eigenvalue weighted by Gasteiger charge is -2.15. The number of ether oxygens (including phenoxy) is 1. The number of carbonyl (C=O) groups excluding carboxylic acids is 2. The van der Waals surface area contributed by atoms with E-state index in [0.29, 0.717) is 11.3 Å². The summed E-state index contributed by atoms with van der Waals surface area (Å²) in [5, 5.41) is 10.2. The van der Waals surface area contributed by atoms with E-state index in [2.05, 4.69) is 29.4 Å². The highest BCUT2D eigenvalue weighted by atomic mass is 16.5. The number of nitrogens with one attached hydrogen (secondary N) is 2. The van der Waals surface area contributed by atoms with Gasteiger partial charge in [-0.1, -0.05) is 50.2 Å². The second-order valence-corrected chi connectivity index (χ2v) is 6.14. The van der Waals surface area contributed by atoms with Crippen molar-refractivity contribution in [1.82, 2.24) is 10.2 Å². The van der Waals surface area contributed by atoms with E-state index in [0.717, 1.165) is 23.2 Å². The van der Waals surface area contributed by atoms with Gasteiger partial charge in [0.2, 0.25) is 0 Å². The normalized spacial score (nSPS) is 11.9. The first-order chi connectivity index (χ1) is 12.6. The van der Waals surface area contributed by atoms with Crippen molar-refractivity contribution in [1.29, 1.82) is 0 Å². The molecule has 6 heteroatoms. The summed E-state index contributed by atoms with van der Waals surface area (Å²) in [7, 11) is 0. The van der Waals surface area contributed by atoms with Gasteiger partial charge in [-0.25, -0.2) is 4.79 Å². The molecule has 0 spiro atoms. The van der Waals surface area contributed by atoms with Crippen molar-refractivity contribution >= 4 is 28.5 Å². The van der Waals surface area contributed by atoms with Crippen molar-refractivity contribution in [2.75, 3.05) is 11.9 Å². The number of aromatic amines is 1. The molecule has 0 unspecified atom stereocenters. The highest BCUT2D eigenvalue weighted by molar-refractivity contribution is 6.03. The summed E-state index contributed by atoms with van der Waals surface area (Å²) in [6, 6.07) is 14.9. The fourth-order valence-corrected chi connectivity index (χ4v) is 2.77. The van der Waals surface area contributed by atoms with Gasteiger partial charge in [0.1, 0.15) is 0 Å². The molecule has 1 heterocycles. The van der Waals surface area contributed by atoms with Crippen molar-refractivity contribution in [2.45, 2.75) is 26.2 Å². The maximum Gasteiger partial charge on any atom is 0.359 e. The van der Waals surface area contributed by atoms with Gasteiger partial charge in [-0.2, -0.15) is 5.10 Å². The van der Waals surface area contributed by atoms with Crippen molar-refractivity contribution in [3.63, 3.8) is 0 Å². The minimum Gasteiger partial charge on any atom is -0.451 e. The number of carbonyl (C=O) groups is 2. The number of amides is 1. The van der Waals surface area contributed by atoms with Crippen LogP contribution >= 0.6 is 0 Å². The molecule has 0 saturated heterocycles. The highest BCUT2D eigenvalue weighted by Crippen LogP contribution is 2.26. The quantitative estimate of drug-likeness (QED) is 0.660. The zero-order chi connectivity index (χ0) is 18.5. The predicted molar refractivity (Wildman–Crippen MR) is 100 cm³/mol. The average Bonchev–Trinajstić information content (AvgIpc) is 3.10. The summed E-state index contributed by atoms with van der Waals surface area (Å²) < 4.78 is 5.12. The zero-order valence-corrected chi connectivity index (χ0v) is 14.8. The molecule has 1 atom stereocenters. The van der Waals surface area contributed by atoms with E-state index in [4.69, 9.17) is 4.74 Å². The number of fused-ring (bicyclic) bond motifs is 1. The molecule has 3 aromatic rings. The maximum absolute atomic E-state index is 12.2. The first-order valence-electron chi connectivity index (χ1n) is 8.59. The van der Waals surface area contributed by atoms with E-state index in [1.54, 1.807) is 6.07 Å². The molecule has 2 N–H and O–H groups in total. The molecule has 2 aromatic carbocycles. The predicted octanol–water partition coefficient (Wildman–Crippen LogP) is 3.87. The Balaban J connectivity index is 1.64. The lowest BCUT2D eigenvalue weighted by molar-refractivity contribution is -0.119. The molecule has 0 aliphatic heterocycles. The summed E-state index contributed by atoms with van der Waals surface area (Å²) in [6.45, 7) is 3.84. The second kappa shape index (κ2) is 7.82. The average molecular weight is 351 g/mol. The molecule has 0 saturated carbocycles. The summed E-state index contributed by atoms with van der Waals surface area (Å²) in [4.78, 5) is 24.4. The molecular weight excluding hydrogens is 330 g/mol. The van der Waals surface area contributed by atoms with Crippen LogP contribution in [0.2, 0.25) is 0 Å². The Labute approximate surface area is 151 Å². The third-order valence-corrected chi connectivity index (χ3v) is 4.38. The van der Waals surface area contributed by atoms with Crippen LogP contribution < -0.4 is 5.32 Å². The van der Waals surface area contributed by atoms with Gasteiger partial charge in [-0.05, 0) is 30.0 Å². The second-order valence-electron chi connectivity index (χ2n) is 6.14. The van der Waals surface area contributed by atoms with Gasteiger partial charge in [0, 0.05) is 11.1 Å². The standard InChI is InChI=1S/C20H21N3O3/c1-3-13(2)14-8-4-6-10-16(14)21-18(24)12-26-20(25)19-15-9-5-7-11-17(15)22-23-19/h4-11,13H,3,12H2,1-2H3,(H,21,24)(H,22,23)/t13-/m1/s1. The molecule has 134 valence electrons. The Kier molecular flexibility index (Phi) is 5.31. The lowest BCUT2D eigenvalue weighted by atomic mass is 9.97. The number of hydrogen-bond donors (Lipinski definition) is 2. The molecule has 0 aliphatic rings. The van der Waals surface area contributed by atoms with Crippen LogP contribution in [0.5, 0.6) is 0 Å². The van der Waals surface area contributed by atoms with Crippen molar-refractivity contribution in [3.05, 3.63) is 59.8 Å². The van der Waals surface area contributed by atoms with Gasteiger partial charge in [0.15, 0.2) is 12.3 Å². The Morgan fingerprint density at radius 3 is 2.69 bits per heavy atom. The number of benzene rings is 2. The zero-order valence-electron chi connectivity index (χ0n) is 14.8. The summed E-state index contributed by atoms with van der Waals surface area (Å²) in [5.41, 5.74) is 2.72. The maximum atomic E-state index is 12.2. The van der Waals surface area contributed by atoms with Crippen LogP contribution in [0.4, 0.5) is 5.69 Å². The minimum atomic E-state index is -0.632. The van der Waals surface area contributed by atoms with Crippen LogP contribution in [0.3, 0.4) is 0 Å². The molecule has 0 radical (unpaired) electrons. The van der Waals surface area contributed by atoms with Crippen molar-refractivity contribution < 1.29 is 14.3 Å². The summed E-state index contributed by atoms with van der Waals surface area (Å²) in [6.07, 6.45) is 0.966. The monoisotopic (exact) mass is 351 g/mol. The number of para-hydroxylation sites is 2. The highest BCUT2D eigenvalue weighted by Gasteiger charge is 2.17. The van der Waals surface area contributed by atoms with E-state index in [1.165, 1.54) is 0 Å². The van der Waals surface area contributed by atoms with Gasteiger partial charge in [-0.15, -0.1) is 0 Å². The SMILES string of the molecule is CC[C@@H](C)c1ccccc1NC(=O)COC(=O)c1n[nH]c2ccccc12. The molecule has 6 nitrogen and oxygen atoms in total. The van der Waals surface area contributed by atoms with E-state index in [-0.39, 0.29) is 18.2 Å². The number of nitrogens with zero attached hydrogens (tertiary/aromatic N) is 1. The Morgan fingerprint density at radius 2 is 1.88 bits per heavy atom. The summed E-state index contributed by atoms with van der Waals surface area (Å²) >= 11 is 0. The number of rotatable bonds is 6. The smallest absolute Gasteiger partial charge is 0.359 e. The number of hydrogen-bond acceptors (Lipinski definition) is 4. The topological polar surface area (TPSA) is 84.1 Å². The number of anilines is 1. The Bertz CT molecular complexity index is 933. The summed E-state index contributed by atoms with van der Waals surface area (Å²) in [5.74, 6) is -0.689. The third-order valence-electron chi connectivity index (χ3n) is 4.38. The van der Waals surface area contributed by atoms with Crippen molar-refractivity contribution in [3.8, 4) is 0 Å². The van der Waals surface area contributed by atoms with Gasteiger partial charge >= 0.3 is 5.97 Å². The first-order valence-corrected chi connectivity index (χ1v) is 8.59. The molecule has 3 rings (SSSR count). The fourth-order valence-electron chi connectivity index (χ4n) is 2.77. The molecular formula is C20H21N3O3. The van der Waals surface area contributed by atoms with E-state index < -0.39 is 5.97 Å². The van der Waals surface area contributed by atoms with Gasteiger partial charge in [-0.3, -0.25) is 9.89 Å². The Morgan fingerprint density at radius 1 is 1.15 bits per heavy atom. The fraction of sp³-hybridized carbons (Fsp3) is 0.250. The van der Waals surface area contributed by atoms with Crippen LogP contribution in [-0.4, -0.2) is 28.7 Å². The minimum absolute atomic E-state index is 0.174. The van der Waals surface area contributed by atoms with Crippen LogP contribution in [0.15, 0.2) is 48.5 Å². The molecule has 0 bridgehead atoms. The van der Waals surface area contributed by atoms with Crippen molar-refractivity contribution in [2.24, 2.45) is 0 Å². The molecule has 1 amide bonds. The molecule has 26 heavy (non-hydrogen) atoms. The number of esters is 1. The number of H-pyrrole nitrogens is 1. The van der Waals surface area contributed by atoms with E-state index >= 15 is 0 Å². The largest absolute Gasteiger partial charge is 0.451 e. The van der Waals surface area contributed by atoms with Crippen LogP contribution in [-0.2, 0) is 9.53 Å². The first kappa shape index (κ1) is 17.7. The van der Waals surface area contributed by atoms with E-state index in [9.17, 15) is 9.59 Å². The lowest BCUT2D eigenvalue weighted by Crippen LogP contribution is -2.22. The molecule has 0 fully saturated rings. The van der Waals surface area contributed by atoms with Crippen LogP contribution in [0, 0.1) is 0 Å². The van der Waals surface area contributed by atoms with Crippen LogP contribution in [0.25, 0.3) is 10.9 Å². The number of aromatic nitrogens is 2. The molecule has 0 aliphatic carbocycles. The molecule has 1 aromatic heterocycles. The van der Waals surface area contributed by atoms with E-state index in [1.807, 2.05) is 42.5 Å². The Hall–Kier alpha value is -3.15. The third kappa shape index (κ3) is 3.74. The van der Waals surface area contributed by atoms with Gasteiger partial charge in [0.25, 0.3) is 5.91 Å². The van der Waals surface area contributed by atoms with Gasteiger partial charge in [0.05, 0.1) is 5.52 Å².